The normalized spacial score (nSPS) is 20.2. The summed E-state index contributed by atoms with van der Waals surface area (Å²) in [6.07, 6.45) is 3.71. The number of hydrogen-bond donors (Lipinski definition) is 1. The highest BCUT2D eigenvalue weighted by Crippen LogP contribution is 2.44. The minimum Gasteiger partial charge on any atom is -0.497 e. The van der Waals surface area contributed by atoms with Crippen molar-refractivity contribution in [2.24, 2.45) is 0 Å². The second-order valence-electron chi connectivity index (χ2n) is 5.52. The van der Waals surface area contributed by atoms with Crippen molar-refractivity contribution in [2.75, 3.05) is 7.11 Å². The smallest absolute Gasteiger partial charge is 0.119 e. The number of methoxy groups -OCH3 is 1. The van der Waals surface area contributed by atoms with E-state index in [-0.39, 0.29) is 5.92 Å². The fourth-order valence-corrected chi connectivity index (χ4v) is 3.10. The van der Waals surface area contributed by atoms with Gasteiger partial charge in [0.15, 0.2) is 0 Å². The Bertz CT molecular complexity index is 622. The van der Waals surface area contributed by atoms with Gasteiger partial charge in [0.2, 0.25) is 0 Å². The molecule has 0 bridgehead atoms. The minimum atomic E-state index is -0.936. The van der Waals surface area contributed by atoms with E-state index in [1.165, 1.54) is 5.56 Å². The number of aromatic nitrogens is 1. The first-order valence-corrected chi connectivity index (χ1v) is 6.93. The van der Waals surface area contributed by atoms with Gasteiger partial charge in [0, 0.05) is 17.8 Å². The maximum absolute atomic E-state index is 11.1. The van der Waals surface area contributed by atoms with Crippen LogP contribution in [0.4, 0.5) is 0 Å². The molecule has 3 rings (SSSR count). The molecule has 1 aromatic carbocycles. The Morgan fingerprint density at radius 1 is 1.30 bits per heavy atom. The first kappa shape index (κ1) is 13.1. The molecule has 2 aromatic rings. The van der Waals surface area contributed by atoms with Gasteiger partial charge in [-0.15, -0.1) is 0 Å². The number of hydrogen-bond acceptors (Lipinski definition) is 3. The summed E-state index contributed by atoms with van der Waals surface area (Å²) < 4.78 is 5.26. The highest BCUT2D eigenvalue weighted by molar-refractivity contribution is 5.38. The second kappa shape index (κ2) is 4.91. The van der Waals surface area contributed by atoms with Gasteiger partial charge in [-0.05, 0) is 49.1 Å². The van der Waals surface area contributed by atoms with Crippen LogP contribution in [0, 0.1) is 0 Å². The van der Waals surface area contributed by atoms with Gasteiger partial charge >= 0.3 is 0 Å². The molecule has 0 saturated heterocycles. The molecule has 0 saturated carbocycles. The Hall–Kier alpha value is -1.87. The van der Waals surface area contributed by atoms with Crippen molar-refractivity contribution in [1.29, 1.82) is 0 Å². The predicted octanol–water partition coefficient (Wildman–Crippen LogP) is 3.03. The van der Waals surface area contributed by atoms with Crippen LogP contribution in [0.15, 0.2) is 42.6 Å². The SMILES string of the molecule is COc1cccc(C(C)(O)C2CCc3cccnc32)c1. The molecule has 20 heavy (non-hydrogen) atoms. The van der Waals surface area contributed by atoms with E-state index < -0.39 is 5.60 Å². The van der Waals surface area contributed by atoms with Crippen molar-refractivity contribution in [3.8, 4) is 5.75 Å². The van der Waals surface area contributed by atoms with E-state index >= 15 is 0 Å². The fourth-order valence-electron chi connectivity index (χ4n) is 3.10. The van der Waals surface area contributed by atoms with Crippen LogP contribution in [0.5, 0.6) is 5.75 Å². The Balaban J connectivity index is 2.00. The Labute approximate surface area is 119 Å². The van der Waals surface area contributed by atoms with Crippen molar-refractivity contribution >= 4 is 0 Å². The molecule has 0 amide bonds. The molecule has 104 valence electrons. The molecule has 0 spiro atoms. The molecule has 1 aliphatic rings. The van der Waals surface area contributed by atoms with Crippen molar-refractivity contribution in [3.05, 3.63) is 59.4 Å². The van der Waals surface area contributed by atoms with Crippen LogP contribution in [0.2, 0.25) is 0 Å². The molecule has 1 heterocycles. The number of ether oxygens (including phenoxy) is 1. The van der Waals surface area contributed by atoms with Gasteiger partial charge in [-0.2, -0.15) is 0 Å². The lowest BCUT2D eigenvalue weighted by Gasteiger charge is -2.31. The van der Waals surface area contributed by atoms with E-state index in [0.717, 1.165) is 29.8 Å². The fraction of sp³-hybridized carbons (Fsp3) is 0.353. The van der Waals surface area contributed by atoms with E-state index in [1.807, 2.05) is 37.3 Å². The molecule has 3 nitrogen and oxygen atoms in total. The van der Waals surface area contributed by atoms with Crippen LogP contribution in [0.1, 0.15) is 36.1 Å². The van der Waals surface area contributed by atoms with Crippen molar-refractivity contribution < 1.29 is 9.84 Å². The zero-order valence-corrected chi connectivity index (χ0v) is 11.8. The van der Waals surface area contributed by atoms with Crippen LogP contribution in [0.25, 0.3) is 0 Å². The number of aryl methyl sites for hydroxylation is 1. The van der Waals surface area contributed by atoms with E-state index in [0.29, 0.717) is 0 Å². The number of nitrogens with zero attached hydrogens (tertiary/aromatic N) is 1. The maximum atomic E-state index is 11.1. The summed E-state index contributed by atoms with van der Waals surface area (Å²) in [6, 6.07) is 11.7. The molecular weight excluding hydrogens is 250 g/mol. The van der Waals surface area contributed by atoms with Crippen LogP contribution in [-0.4, -0.2) is 17.2 Å². The Morgan fingerprint density at radius 2 is 2.15 bits per heavy atom. The Kier molecular flexibility index (Phi) is 3.22. The maximum Gasteiger partial charge on any atom is 0.119 e. The van der Waals surface area contributed by atoms with Gasteiger partial charge in [0.1, 0.15) is 5.75 Å². The standard InChI is InChI=1S/C17H19NO2/c1-17(19,13-6-3-7-14(11-13)20-2)15-9-8-12-5-4-10-18-16(12)15/h3-7,10-11,15,19H,8-9H2,1-2H3. The highest BCUT2D eigenvalue weighted by atomic mass is 16.5. The minimum absolute atomic E-state index is 0.0332. The van der Waals surface area contributed by atoms with Crippen molar-refractivity contribution in [1.82, 2.24) is 4.98 Å². The summed E-state index contributed by atoms with van der Waals surface area (Å²) in [6.45, 7) is 1.87. The molecule has 0 radical (unpaired) electrons. The van der Waals surface area contributed by atoms with E-state index in [9.17, 15) is 5.11 Å². The average molecular weight is 269 g/mol. The van der Waals surface area contributed by atoms with Crippen LogP contribution in [-0.2, 0) is 12.0 Å². The molecule has 2 atom stereocenters. The summed E-state index contributed by atoms with van der Waals surface area (Å²) in [5.74, 6) is 0.799. The first-order chi connectivity index (χ1) is 9.63. The summed E-state index contributed by atoms with van der Waals surface area (Å²) in [5, 5.41) is 11.1. The second-order valence-corrected chi connectivity index (χ2v) is 5.52. The zero-order valence-electron chi connectivity index (χ0n) is 11.8. The number of aliphatic hydroxyl groups is 1. The van der Waals surface area contributed by atoms with Crippen LogP contribution in [0.3, 0.4) is 0 Å². The van der Waals surface area contributed by atoms with Gasteiger partial charge in [-0.1, -0.05) is 18.2 Å². The molecule has 1 aromatic heterocycles. The lowest BCUT2D eigenvalue weighted by Crippen LogP contribution is -2.29. The van der Waals surface area contributed by atoms with Crippen molar-refractivity contribution in [3.63, 3.8) is 0 Å². The van der Waals surface area contributed by atoms with Gasteiger partial charge in [0.05, 0.1) is 12.7 Å². The summed E-state index contributed by atoms with van der Waals surface area (Å²) >= 11 is 0. The predicted molar refractivity (Wildman–Crippen MR) is 77.9 cm³/mol. The van der Waals surface area contributed by atoms with Crippen molar-refractivity contribution in [2.45, 2.75) is 31.3 Å². The quantitative estimate of drug-likeness (QED) is 0.931. The lowest BCUT2D eigenvalue weighted by molar-refractivity contribution is 0.0254. The van der Waals surface area contributed by atoms with Crippen LogP contribution >= 0.6 is 0 Å². The third-order valence-corrected chi connectivity index (χ3v) is 4.29. The van der Waals surface area contributed by atoms with Crippen LogP contribution < -0.4 is 4.74 Å². The van der Waals surface area contributed by atoms with E-state index in [2.05, 4.69) is 11.1 Å². The molecule has 3 heteroatoms. The number of pyridine rings is 1. The van der Waals surface area contributed by atoms with Gasteiger partial charge in [-0.25, -0.2) is 0 Å². The molecule has 1 aliphatic carbocycles. The third-order valence-electron chi connectivity index (χ3n) is 4.29. The van der Waals surface area contributed by atoms with Gasteiger partial charge in [0.25, 0.3) is 0 Å². The third kappa shape index (κ3) is 2.08. The topological polar surface area (TPSA) is 42.4 Å². The number of benzene rings is 1. The average Bonchev–Trinajstić information content (AvgIpc) is 2.92. The number of fused-ring (bicyclic) bond motifs is 1. The summed E-state index contributed by atoms with van der Waals surface area (Å²) in [5.41, 5.74) is 2.22. The molecule has 2 unspecified atom stereocenters. The molecule has 1 N–H and O–H groups in total. The summed E-state index contributed by atoms with van der Waals surface area (Å²) in [7, 11) is 1.64. The summed E-state index contributed by atoms with van der Waals surface area (Å²) in [4.78, 5) is 4.48. The van der Waals surface area contributed by atoms with E-state index in [4.69, 9.17) is 4.74 Å². The number of rotatable bonds is 3. The van der Waals surface area contributed by atoms with E-state index in [1.54, 1.807) is 13.3 Å². The first-order valence-electron chi connectivity index (χ1n) is 6.93. The molecular formula is C17H19NO2. The zero-order chi connectivity index (χ0) is 14.2. The van der Waals surface area contributed by atoms with Gasteiger partial charge in [-0.3, -0.25) is 4.98 Å². The lowest BCUT2D eigenvalue weighted by atomic mass is 9.81. The monoisotopic (exact) mass is 269 g/mol. The Morgan fingerprint density at radius 3 is 2.95 bits per heavy atom. The molecule has 0 fully saturated rings. The molecule has 0 aliphatic heterocycles. The highest BCUT2D eigenvalue weighted by Gasteiger charge is 2.39. The van der Waals surface area contributed by atoms with Gasteiger partial charge < -0.3 is 9.84 Å². The largest absolute Gasteiger partial charge is 0.497 e.